The first-order valence-corrected chi connectivity index (χ1v) is 14.0. The van der Waals surface area contributed by atoms with Gasteiger partial charge < -0.3 is 15.2 Å². The molecule has 0 unspecified atom stereocenters. The van der Waals surface area contributed by atoms with Crippen LogP contribution in [0, 0.1) is 5.92 Å². The lowest BCUT2D eigenvalue weighted by Crippen LogP contribution is -2.41. The first kappa shape index (κ1) is 24.0. The van der Waals surface area contributed by atoms with Crippen molar-refractivity contribution in [3.8, 4) is 0 Å². The Labute approximate surface area is 219 Å². The zero-order valence-electron chi connectivity index (χ0n) is 21.5. The average molecular weight is 492 g/mol. The Kier molecular flexibility index (Phi) is 7.09. The van der Waals surface area contributed by atoms with E-state index < -0.39 is 0 Å². The number of hydrogen-bond acceptors (Lipinski definition) is 2. The highest BCUT2D eigenvalue weighted by molar-refractivity contribution is 5.96. The van der Waals surface area contributed by atoms with Crippen LogP contribution in [-0.2, 0) is 4.79 Å². The minimum Gasteiger partial charge on any atom is -0.361 e. The number of amides is 1. The van der Waals surface area contributed by atoms with E-state index in [-0.39, 0.29) is 5.91 Å². The van der Waals surface area contributed by atoms with Crippen molar-refractivity contribution < 1.29 is 4.79 Å². The smallest absolute Gasteiger partial charge is 0.244 e. The van der Waals surface area contributed by atoms with Crippen LogP contribution in [0.3, 0.4) is 0 Å². The Morgan fingerprint density at radius 2 is 1.59 bits per heavy atom. The summed E-state index contributed by atoms with van der Waals surface area (Å²) >= 11 is 0. The van der Waals surface area contributed by atoms with Gasteiger partial charge in [0.2, 0.25) is 5.91 Å². The molecule has 2 fully saturated rings. The molecule has 6 rings (SSSR count). The topological polar surface area (TPSA) is 48.1 Å². The van der Waals surface area contributed by atoms with E-state index in [1.165, 1.54) is 72.6 Å². The highest BCUT2D eigenvalue weighted by Crippen LogP contribution is 2.34. The summed E-state index contributed by atoms with van der Waals surface area (Å²) in [5.74, 6) is 1.44. The molecule has 4 nitrogen and oxygen atoms in total. The number of nitrogens with zero attached hydrogens (tertiary/aromatic N) is 1. The largest absolute Gasteiger partial charge is 0.361 e. The summed E-state index contributed by atoms with van der Waals surface area (Å²) in [4.78, 5) is 18.8. The van der Waals surface area contributed by atoms with E-state index in [1.54, 1.807) is 6.08 Å². The number of aromatic nitrogens is 1. The van der Waals surface area contributed by atoms with Gasteiger partial charge in [0.25, 0.3) is 0 Å². The standard InChI is InChI=1S/C33H37N3O/c37-33(17-14-26-8-5-7-25-6-1-2-9-29(25)26)35-28-15-12-24(13-16-28)23-36-20-18-27(19-21-36)31-22-34-32-11-4-3-10-30(31)32/h1-11,14,17,22,24,27-28,34H,12-13,15-16,18-21,23H2,(H,35,37)/b17-14+. The number of carbonyl (C=O) groups excluding carboxylic acids is 1. The quantitative estimate of drug-likeness (QED) is 0.289. The fourth-order valence-corrected chi connectivity index (χ4v) is 6.52. The molecule has 0 bridgehead atoms. The molecule has 3 aromatic carbocycles. The van der Waals surface area contributed by atoms with Gasteiger partial charge in [0.05, 0.1) is 0 Å². The maximum Gasteiger partial charge on any atom is 0.244 e. The summed E-state index contributed by atoms with van der Waals surface area (Å²) in [5.41, 5.74) is 3.85. The van der Waals surface area contributed by atoms with Crippen LogP contribution in [0.5, 0.6) is 0 Å². The van der Waals surface area contributed by atoms with Gasteiger partial charge in [0.15, 0.2) is 0 Å². The molecule has 190 valence electrons. The number of piperidine rings is 1. The van der Waals surface area contributed by atoms with Crippen LogP contribution >= 0.6 is 0 Å². The molecular weight excluding hydrogens is 454 g/mol. The van der Waals surface area contributed by atoms with Gasteiger partial charge in [0, 0.05) is 35.8 Å². The van der Waals surface area contributed by atoms with Crippen LogP contribution in [0.15, 0.2) is 79.0 Å². The zero-order valence-corrected chi connectivity index (χ0v) is 21.5. The summed E-state index contributed by atoms with van der Waals surface area (Å²) in [6, 6.07) is 23.5. The maximum absolute atomic E-state index is 12.6. The van der Waals surface area contributed by atoms with Gasteiger partial charge in [-0.05, 0) is 97.5 Å². The number of aromatic amines is 1. The molecule has 1 aliphatic heterocycles. The summed E-state index contributed by atoms with van der Waals surface area (Å²) in [6.07, 6.45) is 13.0. The van der Waals surface area contributed by atoms with Crippen molar-refractivity contribution in [2.24, 2.45) is 5.92 Å². The summed E-state index contributed by atoms with van der Waals surface area (Å²) in [5, 5.41) is 7.03. The Bertz CT molecular complexity index is 1380. The first-order chi connectivity index (χ1) is 18.2. The van der Waals surface area contributed by atoms with Crippen molar-refractivity contribution in [2.45, 2.75) is 50.5 Å². The van der Waals surface area contributed by atoms with Crippen LogP contribution in [0.25, 0.3) is 27.8 Å². The lowest BCUT2D eigenvalue weighted by Gasteiger charge is -2.36. The van der Waals surface area contributed by atoms with Crippen molar-refractivity contribution in [3.63, 3.8) is 0 Å². The van der Waals surface area contributed by atoms with E-state index >= 15 is 0 Å². The third-order valence-electron chi connectivity index (χ3n) is 8.60. The van der Waals surface area contributed by atoms with E-state index in [1.807, 2.05) is 24.3 Å². The maximum atomic E-state index is 12.6. The van der Waals surface area contributed by atoms with Crippen LogP contribution in [0.1, 0.15) is 55.6 Å². The minimum atomic E-state index is 0.0238. The number of nitrogens with one attached hydrogen (secondary N) is 2. The van der Waals surface area contributed by atoms with E-state index in [4.69, 9.17) is 0 Å². The lowest BCUT2D eigenvalue weighted by molar-refractivity contribution is -0.117. The Hall–Kier alpha value is -3.37. The highest BCUT2D eigenvalue weighted by Gasteiger charge is 2.27. The van der Waals surface area contributed by atoms with Crippen molar-refractivity contribution in [2.75, 3.05) is 19.6 Å². The minimum absolute atomic E-state index is 0.0238. The van der Waals surface area contributed by atoms with Crippen LogP contribution in [0.2, 0.25) is 0 Å². The van der Waals surface area contributed by atoms with Crippen LogP contribution < -0.4 is 5.32 Å². The number of para-hydroxylation sites is 1. The number of benzene rings is 3. The van der Waals surface area contributed by atoms with Crippen LogP contribution in [-0.4, -0.2) is 41.5 Å². The second-order valence-corrected chi connectivity index (χ2v) is 11.0. The summed E-state index contributed by atoms with van der Waals surface area (Å²) in [7, 11) is 0. The van der Waals surface area contributed by atoms with E-state index in [0.29, 0.717) is 12.0 Å². The molecule has 1 aromatic heterocycles. The Balaban J connectivity index is 0.948. The predicted octanol–water partition coefficient (Wildman–Crippen LogP) is 6.89. The monoisotopic (exact) mass is 491 g/mol. The first-order valence-electron chi connectivity index (χ1n) is 14.0. The second-order valence-electron chi connectivity index (χ2n) is 11.0. The van der Waals surface area contributed by atoms with Gasteiger partial charge in [-0.25, -0.2) is 0 Å². The number of hydrogen-bond donors (Lipinski definition) is 2. The van der Waals surface area contributed by atoms with E-state index in [0.717, 1.165) is 24.3 Å². The number of rotatable bonds is 6. The zero-order chi connectivity index (χ0) is 25.0. The molecule has 0 radical (unpaired) electrons. The number of carbonyl (C=O) groups is 1. The average Bonchev–Trinajstić information content (AvgIpc) is 3.38. The molecule has 0 atom stereocenters. The normalized spacial score (nSPS) is 21.6. The third-order valence-corrected chi connectivity index (χ3v) is 8.60. The molecule has 1 saturated heterocycles. The van der Waals surface area contributed by atoms with Gasteiger partial charge in [-0.15, -0.1) is 0 Å². The number of fused-ring (bicyclic) bond motifs is 2. The third kappa shape index (κ3) is 5.50. The second kappa shape index (κ2) is 10.9. The predicted molar refractivity (Wildman–Crippen MR) is 154 cm³/mol. The summed E-state index contributed by atoms with van der Waals surface area (Å²) < 4.78 is 0. The van der Waals surface area contributed by atoms with Gasteiger partial charge >= 0.3 is 0 Å². The number of H-pyrrole nitrogens is 1. The molecule has 2 aliphatic rings. The van der Waals surface area contributed by atoms with Crippen molar-refractivity contribution >= 4 is 33.7 Å². The van der Waals surface area contributed by atoms with Gasteiger partial charge in [-0.2, -0.15) is 0 Å². The van der Waals surface area contributed by atoms with Crippen molar-refractivity contribution in [1.29, 1.82) is 0 Å². The molecule has 0 spiro atoms. The Morgan fingerprint density at radius 1 is 0.865 bits per heavy atom. The molecule has 1 aliphatic carbocycles. The lowest BCUT2D eigenvalue weighted by atomic mass is 9.84. The fraction of sp³-hybridized carbons (Fsp3) is 0.364. The van der Waals surface area contributed by atoms with E-state index in [2.05, 4.69) is 69.9 Å². The van der Waals surface area contributed by atoms with Gasteiger partial charge in [-0.1, -0.05) is 60.7 Å². The SMILES string of the molecule is O=C(/C=C/c1cccc2ccccc12)NC1CCC(CN2CCC(c3c[nH]c4ccccc34)CC2)CC1. The summed E-state index contributed by atoms with van der Waals surface area (Å²) in [6.45, 7) is 3.60. The van der Waals surface area contributed by atoms with Gasteiger partial charge in [-0.3, -0.25) is 4.79 Å². The van der Waals surface area contributed by atoms with Crippen molar-refractivity contribution in [1.82, 2.24) is 15.2 Å². The molecule has 37 heavy (non-hydrogen) atoms. The molecular formula is C33H37N3O. The van der Waals surface area contributed by atoms with E-state index in [9.17, 15) is 4.79 Å². The molecule has 1 saturated carbocycles. The molecule has 1 amide bonds. The van der Waals surface area contributed by atoms with Gasteiger partial charge in [0.1, 0.15) is 0 Å². The highest BCUT2D eigenvalue weighted by atomic mass is 16.1. The fourth-order valence-electron chi connectivity index (χ4n) is 6.52. The Morgan fingerprint density at radius 3 is 2.43 bits per heavy atom. The molecule has 2 N–H and O–H groups in total. The number of likely N-dealkylation sites (tertiary alicyclic amines) is 1. The van der Waals surface area contributed by atoms with Crippen molar-refractivity contribution in [3.05, 3.63) is 90.1 Å². The molecule has 2 heterocycles. The molecule has 4 aromatic rings. The van der Waals surface area contributed by atoms with Crippen LogP contribution in [0.4, 0.5) is 0 Å². The molecule has 4 heteroatoms.